The Morgan fingerprint density at radius 1 is 1.00 bits per heavy atom. The van der Waals surface area contributed by atoms with E-state index >= 15 is 0 Å². The molecule has 3 fully saturated rings. The molecule has 3 aliphatic rings. The van der Waals surface area contributed by atoms with Gasteiger partial charge in [0.15, 0.2) is 0 Å². The van der Waals surface area contributed by atoms with Crippen LogP contribution in [0.3, 0.4) is 0 Å². The van der Waals surface area contributed by atoms with Crippen molar-refractivity contribution in [2.45, 2.75) is 57.0 Å². The molecule has 1 N–H and O–H groups in total. The van der Waals surface area contributed by atoms with Crippen LogP contribution in [0.1, 0.15) is 44.1 Å². The van der Waals surface area contributed by atoms with E-state index in [1.54, 1.807) is 0 Å². The minimum absolute atomic E-state index is 0.135. The topological polar surface area (TPSA) is 35.6 Å². The van der Waals surface area contributed by atoms with Crippen molar-refractivity contribution in [1.29, 1.82) is 0 Å². The van der Waals surface area contributed by atoms with Crippen LogP contribution in [-0.2, 0) is 4.79 Å². The molecule has 0 bridgehead atoms. The molecule has 3 heterocycles. The zero-order chi connectivity index (χ0) is 16.6. The van der Waals surface area contributed by atoms with E-state index in [4.69, 9.17) is 0 Å². The second-order valence-corrected chi connectivity index (χ2v) is 7.92. The SMILES string of the molecule is Cc1ccc(N2CCC(N3CCC4(CCC(=O)N4)CC3)CC2)cc1. The second kappa shape index (κ2) is 6.40. The normalized spacial score (nSPS) is 25.2. The van der Waals surface area contributed by atoms with E-state index in [1.807, 2.05) is 0 Å². The van der Waals surface area contributed by atoms with E-state index < -0.39 is 0 Å². The van der Waals surface area contributed by atoms with Gasteiger partial charge in [0.05, 0.1) is 0 Å². The highest BCUT2D eigenvalue weighted by Gasteiger charge is 2.41. The van der Waals surface area contributed by atoms with Crippen LogP contribution in [0, 0.1) is 6.92 Å². The number of anilines is 1. The van der Waals surface area contributed by atoms with Crippen molar-refractivity contribution in [2.24, 2.45) is 0 Å². The maximum absolute atomic E-state index is 11.6. The lowest BCUT2D eigenvalue weighted by Crippen LogP contribution is -2.54. The highest BCUT2D eigenvalue weighted by molar-refractivity contribution is 5.79. The van der Waals surface area contributed by atoms with E-state index in [1.165, 1.54) is 24.1 Å². The smallest absolute Gasteiger partial charge is 0.220 e. The van der Waals surface area contributed by atoms with E-state index in [0.717, 1.165) is 57.9 Å². The number of piperidine rings is 2. The first-order valence-corrected chi connectivity index (χ1v) is 9.50. The summed E-state index contributed by atoms with van der Waals surface area (Å²) in [7, 11) is 0. The van der Waals surface area contributed by atoms with Crippen molar-refractivity contribution in [3.63, 3.8) is 0 Å². The lowest BCUT2D eigenvalue weighted by Gasteiger charge is -2.45. The zero-order valence-electron chi connectivity index (χ0n) is 14.8. The minimum atomic E-state index is 0.135. The molecule has 130 valence electrons. The fourth-order valence-corrected chi connectivity index (χ4v) is 4.71. The van der Waals surface area contributed by atoms with Gasteiger partial charge in [0.25, 0.3) is 0 Å². The van der Waals surface area contributed by atoms with Gasteiger partial charge in [0.1, 0.15) is 0 Å². The Morgan fingerprint density at radius 2 is 1.67 bits per heavy atom. The zero-order valence-corrected chi connectivity index (χ0v) is 14.8. The molecule has 4 nitrogen and oxygen atoms in total. The Kier molecular flexibility index (Phi) is 4.25. The Balaban J connectivity index is 1.29. The molecule has 4 heteroatoms. The molecule has 1 aromatic rings. The molecule has 1 spiro atoms. The number of carbonyl (C=O) groups is 1. The summed E-state index contributed by atoms with van der Waals surface area (Å²) in [6.07, 6.45) is 6.56. The molecule has 24 heavy (non-hydrogen) atoms. The van der Waals surface area contributed by atoms with Crippen LogP contribution in [0.2, 0.25) is 0 Å². The summed E-state index contributed by atoms with van der Waals surface area (Å²) < 4.78 is 0. The quantitative estimate of drug-likeness (QED) is 0.907. The van der Waals surface area contributed by atoms with E-state index in [2.05, 4.69) is 46.3 Å². The van der Waals surface area contributed by atoms with Gasteiger partial charge in [0, 0.05) is 49.9 Å². The first kappa shape index (κ1) is 15.9. The van der Waals surface area contributed by atoms with Gasteiger partial charge in [-0.05, 0) is 51.2 Å². The Labute approximate surface area is 145 Å². The average molecular weight is 327 g/mol. The Hall–Kier alpha value is -1.55. The van der Waals surface area contributed by atoms with Crippen molar-refractivity contribution in [3.8, 4) is 0 Å². The standard InChI is InChI=1S/C20H29N3O/c1-16-2-4-17(5-3-16)22-12-7-18(8-13-22)23-14-10-20(11-15-23)9-6-19(24)21-20/h2-5,18H,6-15H2,1H3,(H,21,24). The van der Waals surface area contributed by atoms with Crippen molar-refractivity contribution >= 4 is 11.6 Å². The highest BCUT2D eigenvalue weighted by atomic mass is 16.2. The van der Waals surface area contributed by atoms with E-state index in [-0.39, 0.29) is 11.4 Å². The summed E-state index contributed by atoms with van der Waals surface area (Å²) in [6.45, 7) is 6.76. The van der Waals surface area contributed by atoms with Crippen molar-refractivity contribution < 1.29 is 4.79 Å². The molecule has 0 aromatic heterocycles. The summed E-state index contributed by atoms with van der Waals surface area (Å²) >= 11 is 0. The van der Waals surface area contributed by atoms with Crippen molar-refractivity contribution in [3.05, 3.63) is 29.8 Å². The number of nitrogens with zero attached hydrogens (tertiary/aromatic N) is 2. The predicted octanol–water partition coefficient (Wildman–Crippen LogP) is 2.71. The molecule has 1 amide bonds. The number of nitrogens with one attached hydrogen (secondary N) is 1. The van der Waals surface area contributed by atoms with Crippen molar-refractivity contribution in [1.82, 2.24) is 10.2 Å². The number of carbonyl (C=O) groups excluding carboxylic acids is 1. The number of hydrogen-bond donors (Lipinski definition) is 1. The number of benzene rings is 1. The summed E-state index contributed by atoms with van der Waals surface area (Å²) in [5, 5.41) is 3.25. The van der Waals surface area contributed by atoms with Crippen LogP contribution >= 0.6 is 0 Å². The first-order valence-electron chi connectivity index (χ1n) is 9.50. The molecule has 0 atom stereocenters. The molecule has 0 radical (unpaired) electrons. The second-order valence-electron chi connectivity index (χ2n) is 7.92. The van der Waals surface area contributed by atoms with Crippen LogP contribution in [0.5, 0.6) is 0 Å². The van der Waals surface area contributed by atoms with Gasteiger partial charge < -0.3 is 15.1 Å². The lowest BCUT2D eigenvalue weighted by molar-refractivity contribution is -0.120. The number of hydrogen-bond acceptors (Lipinski definition) is 3. The van der Waals surface area contributed by atoms with E-state index in [0.29, 0.717) is 0 Å². The summed E-state index contributed by atoms with van der Waals surface area (Å²) in [5.41, 5.74) is 2.83. The van der Waals surface area contributed by atoms with E-state index in [9.17, 15) is 4.79 Å². The number of aryl methyl sites for hydroxylation is 1. The molecule has 0 saturated carbocycles. The van der Waals surface area contributed by atoms with Gasteiger partial charge in [-0.3, -0.25) is 4.79 Å². The Bertz CT molecular complexity index is 581. The van der Waals surface area contributed by atoms with Gasteiger partial charge in [-0.1, -0.05) is 17.7 Å². The number of likely N-dealkylation sites (tertiary alicyclic amines) is 1. The van der Waals surface area contributed by atoms with Gasteiger partial charge in [-0.2, -0.15) is 0 Å². The molecule has 3 saturated heterocycles. The average Bonchev–Trinajstić information content (AvgIpc) is 2.97. The van der Waals surface area contributed by atoms with Crippen LogP contribution < -0.4 is 10.2 Å². The van der Waals surface area contributed by atoms with Crippen LogP contribution in [-0.4, -0.2) is 48.6 Å². The maximum Gasteiger partial charge on any atom is 0.220 e. The predicted molar refractivity (Wildman–Crippen MR) is 97.3 cm³/mol. The fraction of sp³-hybridized carbons (Fsp3) is 0.650. The fourth-order valence-electron chi connectivity index (χ4n) is 4.71. The van der Waals surface area contributed by atoms with Gasteiger partial charge >= 0.3 is 0 Å². The molecular weight excluding hydrogens is 298 g/mol. The molecule has 1 aromatic carbocycles. The molecular formula is C20H29N3O. The molecule has 0 unspecified atom stereocenters. The highest BCUT2D eigenvalue weighted by Crippen LogP contribution is 2.33. The van der Waals surface area contributed by atoms with Gasteiger partial charge in [-0.25, -0.2) is 0 Å². The monoisotopic (exact) mass is 327 g/mol. The minimum Gasteiger partial charge on any atom is -0.371 e. The maximum atomic E-state index is 11.6. The molecule has 4 rings (SSSR count). The van der Waals surface area contributed by atoms with Crippen LogP contribution in [0.25, 0.3) is 0 Å². The molecule has 0 aliphatic carbocycles. The van der Waals surface area contributed by atoms with Crippen LogP contribution in [0.4, 0.5) is 5.69 Å². The van der Waals surface area contributed by atoms with Crippen molar-refractivity contribution in [2.75, 3.05) is 31.1 Å². The first-order chi connectivity index (χ1) is 11.6. The third-order valence-electron chi connectivity index (χ3n) is 6.37. The summed E-state index contributed by atoms with van der Waals surface area (Å²) in [4.78, 5) is 16.8. The summed E-state index contributed by atoms with van der Waals surface area (Å²) in [5.74, 6) is 0.259. The number of rotatable bonds is 2. The third-order valence-corrected chi connectivity index (χ3v) is 6.37. The van der Waals surface area contributed by atoms with Gasteiger partial charge in [-0.15, -0.1) is 0 Å². The Morgan fingerprint density at radius 3 is 2.25 bits per heavy atom. The molecule has 3 aliphatic heterocycles. The third kappa shape index (κ3) is 3.16. The lowest BCUT2D eigenvalue weighted by atomic mass is 9.85. The largest absolute Gasteiger partial charge is 0.371 e. The summed E-state index contributed by atoms with van der Waals surface area (Å²) in [6, 6.07) is 9.65. The van der Waals surface area contributed by atoms with Gasteiger partial charge in [0.2, 0.25) is 5.91 Å². The van der Waals surface area contributed by atoms with Crippen LogP contribution in [0.15, 0.2) is 24.3 Å². The number of amides is 1.